The van der Waals surface area contributed by atoms with E-state index in [-0.39, 0.29) is 23.3 Å². The van der Waals surface area contributed by atoms with Crippen LogP contribution in [0.25, 0.3) is 0 Å². The highest BCUT2D eigenvalue weighted by molar-refractivity contribution is 5.94. The Morgan fingerprint density at radius 2 is 1.20 bits per heavy atom. The maximum absolute atomic E-state index is 11.3. The first-order valence-corrected chi connectivity index (χ1v) is 4.86. The topological polar surface area (TPSA) is 212 Å². The molecule has 0 aromatic carbocycles. The summed E-state index contributed by atoms with van der Waals surface area (Å²) in [6.07, 6.45) is 0. The summed E-state index contributed by atoms with van der Waals surface area (Å²) in [4.78, 5) is 22.7. The molecule has 0 saturated carbocycles. The van der Waals surface area contributed by atoms with Gasteiger partial charge in [0.1, 0.15) is 0 Å². The van der Waals surface area contributed by atoms with Crippen LogP contribution in [0.3, 0.4) is 0 Å². The van der Waals surface area contributed by atoms with E-state index in [4.69, 9.17) is 11.5 Å². The number of rotatable bonds is 2. The zero-order chi connectivity index (χ0) is 14.5. The second kappa shape index (κ2) is 5.38. The summed E-state index contributed by atoms with van der Waals surface area (Å²) >= 11 is 0. The molecule has 8 N–H and O–H groups in total. The van der Waals surface area contributed by atoms with E-state index in [0.29, 0.717) is 0 Å². The van der Waals surface area contributed by atoms with Crippen molar-refractivity contribution < 1.29 is 18.8 Å². The minimum atomic E-state index is -0.839. The van der Waals surface area contributed by atoms with E-state index in [9.17, 15) is 9.59 Å². The molecule has 0 bridgehead atoms. The molecule has 0 saturated heterocycles. The van der Waals surface area contributed by atoms with Crippen LogP contribution in [0.4, 0.5) is 32.9 Å². The summed E-state index contributed by atoms with van der Waals surface area (Å²) in [6.45, 7) is 0. The number of nitrogens with one attached hydrogen (secondary N) is 4. The highest BCUT2D eigenvalue weighted by Gasteiger charge is 2.12. The standard InChI is InChI=1S/C6H8N10O4/c7-1-3(15-19-13-1)9-5(17)11-12-6(18)10-4-2(8)14-20-16-4/h(H2,7,13)(H2,8,14)(H2,9,11,15,17)(H2,10,12,16,18). The predicted octanol–water partition coefficient (Wildman–Crippen LogP) is -1.52. The fraction of sp³-hybridized carbons (Fsp3) is 0. The smallest absolute Gasteiger partial charge is 0.339 e. The third kappa shape index (κ3) is 3.00. The monoisotopic (exact) mass is 284 g/mol. The van der Waals surface area contributed by atoms with Crippen molar-refractivity contribution >= 4 is 35.3 Å². The number of amides is 4. The molecular formula is C6H8N10O4. The molecule has 2 rings (SSSR count). The molecule has 0 radical (unpaired) electrons. The molecule has 0 aliphatic carbocycles. The van der Waals surface area contributed by atoms with E-state index in [1.807, 2.05) is 10.9 Å². The van der Waals surface area contributed by atoms with Crippen LogP contribution < -0.4 is 33.0 Å². The van der Waals surface area contributed by atoms with Crippen molar-refractivity contribution in [3.05, 3.63) is 0 Å². The van der Waals surface area contributed by atoms with Crippen molar-refractivity contribution in [2.24, 2.45) is 0 Å². The summed E-state index contributed by atoms with van der Waals surface area (Å²) < 4.78 is 8.50. The number of anilines is 4. The van der Waals surface area contributed by atoms with E-state index in [0.717, 1.165) is 0 Å². The number of hydrazine groups is 1. The molecule has 14 heteroatoms. The minimum absolute atomic E-state index is 0.102. The Morgan fingerprint density at radius 3 is 1.50 bits per heavy atom. The maximum Gasteiger partial charge on any atom is 0.339 e. The molecule has 2 heterocycles. The van der Waals surface area contributed by atoms with E-state index in [2.05, 4.69) is 40.5 Å². The number of urea groups is 2. The van der Waals surface area contributed by atoms with E-state index < -0.39 is 12.1 Å². The number of nitrogens with zero attached hydrogens (tertiary/aromatic N) is 4. The maximum atomic E-state index is 11.3. The lowest BCUT2D eigenvalue weighted by atomic mass is 10.6. The van der Waals surface area contributed by atoms with Crippen molar-refractivity contribution in [1.82, 2.24) is 31.5 Å². The number of nitrogens with two attached hydrogens (primary N) is 2. The van der Waals surface area contributed by atoms with Crippen molar-refractivity contribution in [2.45, 2.75) is 0 Å². The van der Waals surface area contributed by atoms with Crippen molar-refractivity contribution in [2.75, 3.05) is 22.1 Å². The third-order valence-electron chi connectivity index (χ3n) is 1.78. The third-order valence-corrected chi connectivity index (χ3v) is 1.78. The first-order chi connectivity index (χ1) is 9.56. The van der Waals surface area contributed by atoms with E-state index in [1.54, 1.807) is 0 Å². The highest BCUT2D eigenvalue weighted by atomic mass is 16.6. The van der Waals surface area contributed by atoms with Gasteiger partial charge in [-0.25, -0.2) is 29.7 Å². The quantitative estimate of drug-likeness (QED) is 0.350. The molecule has 4 amide bonds. The number of nitrogen functional groups attached to an aromatic ring is 2. The van der Waals surface area contributed by atoms with Gasteiger partial charge in [0, 0.05) is 0 Å². The van der Waals surface area contributed by atoms with Gasteiger partial charge in [-0.2, -0.15) is 0 Å². The Hall–Kier alpha value is -3.58. The number of carbonyl (C=O) groups is 2. The largest absolute Gasteiger partial charge is 0.378 e. The lowest BCUT2D eigenvalue weighted by Gasteiger charge is -2.07. The van der Waals surface area contributed by atoms with Crippen LogP contribution in [-0.2, 0) is 0 Å². The summed E-state index contributed by atoms with van der Waals surface area (Å²) in [5.41, 5.74) is 14.6. The SMILES string of the molecule is Nc1nonc1NC(=O)NNC(=O)Nc1nonc1N. The zero-order valence-corrected chi connectivity index (χ0v) is 9.58. The molecule has 2 aromatic heterocycles. The van der Waals surface area contributed by atoms with Crippen LogP contribution in [0, 0.1) is 0 Å². The average Bonchev–Trinajstić information content (AvgIpc) is 2.98. The van der Waals surface area contributed by atoms with Crippen LogP contribution in [0.2, 0.25) is 0 Å². The van der Waals surface area contributed by atoms with Gasteiger partial charge in [-0.1, -0.05) is 0 Å². The Kier molecular flexibility index (Phi) is 3.46. The first-order valence-electron chi connectivity index (χ1n) is 4.86. The van der Waals surface area contributed by atoms with Crippen LogP contribution in [0.5, 0.6) is 0 Å². The predicted molar refractivity (Wildman–Crippen MR) is 61.7 cm³/mol. The normalized spacial score (nSPS) is 9.80. The van der Waals surface area contributed by atoms with Crippen LogP contribution in [0.1, 0.15) is 0 Å². The molecule has 0 aliphatic heterocycles. The van der Waals surface area contributed by atoms with E-state index >= 15 is 0 Å². The van der Waals surface area contributed by atoms with Gasteiger partial charge in [0.05, 0.1) is 0 Å². The number of aromatic nitrogens is 4. The van der Waals surface area contributed by atoms with E-state index in [1.165, 1.54) is 0 Å². The van der Waals surface area contributed by atoms with Crippen LogP contribution in [-0.4, -0.2) is 32.7 Å². The fourth-order valence-corrected chi connectivity index (χ4v) is 0.955. The Labute approximate surface area is 109 Å². The molecule has 14 nitrogen and oxygen atoms in total. The van der Waals surface area contributed by atoms with Crippen molar-refractivity contribution in [3.63, 3.8) is 0 Å². The number of hydrogen-bond acceptors (Lipinski definition) is 10. The highest BCUT2D eigenvalue weighted by Crippen LogP contribution is 2.10. The minimum Gasteiger partial charge on any atom is -0.378 e. The van der Waals surface area contributed by atoms with Crippen molar-refractivity contribution in [1.29, 1.82) is 0 Å². The molecule has 0 fully saturated rings. The summed E-state index contributed by atoms with van der Waals surface area (Å²) in [5.74, 6) is -0.443. The molecule has 0 unspecified atom stereocenters. The first kappa shape index (κ1) is 12.9. The summed E-state index contributed by atoms with van der Waals surface area (Å²) in [6, 6.07) is -1.68. The van der Waals surface area contributed by atoms with Gasteiger partial charge in [0.15, 0.2) is 0 Å². The molecule has 0 spiro atoms. The van der Waals surface area contributed by atoms with Gasteiger partial charge in [0.2, 0.25) is 23.3 Å². The lowest BCUT2D eigenvalue weighted by molar-refractivity contribution is 0.236. The Bertz CT molecular complexity index is 565. The van der Waals surface area contributed by atoms with Gasteiger partial charge in [-0.3, -0.25) is 10.6 Å². The van der Waals surface area contributed by atoms with Crippen molar-refractivity contribution in [3.8, 4) is 0 Å². The second-order valence-electron chi connectivity index (χ2n) is 3.15. The molecule has 20 heavy (non-hydrogen) atoms. The van der Waals surface area contributed by atoms with Crippen LogP contribution in [0.15, 0.2) is 9.26 Å². The molecule has 0 aliphatic rings. The molecule has 106 valence electrons. The fourth-order valence-electron chi connectivity index (χ4n) is 0.955. The summed E-state index contributed by atoms with van der Waals surface area (Å²) in [7, 11) is 0. The lowest BCUT2D eigenvalue weighted by Crippen LogP contribution is -2.46. The molecule has 0 atom stereocenters. The van der Waals surface area contributed by atoms with Gasteiger partial charge >= 0.3 is 12.1 Å². The Morgan fingerprint density at radius 1 is 0.800 bits per heavy atom. The Balaban J connectivity index is 1.77. The second-order valence-corrected chi connectivity index (χ2v) is 3.15. The van der Waals surface area contributed by atoms with Gasteiger partial charge in [0.25, 0.3) is 0 Å². The molecular weight excluding hydrogens is 276 g/mol. The van der Waals surface area contributed by atoms with Crippen LogP contribution >= 0.6 is 0 Å². The van der Waals surface area contributed by atoms with Gasteiger partial charge in [-0.15, -0.1) is 0 Å². The summed E-state index contributed by atoms with van der Waals surface area (Å²) in [5, 5.41) is 17.4. The van der Waals surface area contributed by atoms with Gasteiger partial charge in [-0.05, 0) is 20.6 Å². The average molecular weight is 284 g/mol. The number of hydrogen-bond donors (Lipinski definition) is 6. The molecule has 2 aromatic rings. The zero-order valence-electron chi connectivity index (χ0n) is 9.58. The van der Waals surface area contributed by atoms with Gasteiger partial charge < -0.3 is 11.5 Å². The number of carbonyl (C=O) groups excluding carboxylic acids is 2.